The van der Waals surface area contributed by atoms with Crippen LogP contribution in [-0.4, -0.2) is 35.6 Å². The second-order valence-electron chi connectivity index (χ2n) is 5.89. The lowest BCUT2D eigenvalue weighted by Gasteiger charge is -2.33. The molecule has 0 radical (unpaired) electrons. The second kappa shape index (κ2) is 6.62. The van der Waals surface area contributed by atoms with Crippen molar-refractivity contribution in [2.75, 3.05) is 30.7 Å². The van der Waals surface area contributed by atoms with E-state index in [1.54, 1.807) is 11.3 Å². The van der Waals surface area contributed by atoms with Crippen molar-refractivity contribution in [1.82, 2.24) is 9.88 Å². The van der Waals surface area contributed by atoms with Crippen molar-refractivity contribution in [3.8, 4) is 0 Å². The van der Waals surface area contributed by atoms with Crippen molar-refractivity contribution in [3.63, 3.8) is 0 Å². The summed E-state index contributed by atoms with van der Waals surface area (Å²) in [6, 6.07) is 4.91. The molecule has 1 unspecified atom stereocenters. The Balaban J connectivity index is 1.51. The summed E-state index contributed by atoms with van der Waals surface area (Å²) in [6.07, 6.45) is 5.24. The summed E-state index contributed by atoms with van der Waals surface area (Å²) in [5.41, 5.74) is 10.7. The van der Waals surface area contributed by atoms with Gasteiger partial charge in [-0.3, -0.25) is 0 Å². The molecule has 1 atom stereocenters. The molecule has 3 rings (SSSR count). The number of fused-ring (bicyclic) bond motifs is 1. The van der Waals surface area contributed by atoms with E-state index in [4.69, 9.17) is 5.73 Å². The van der Waals surface area contributed by atoms with Crippen LogP contribution in [0.1, 0.15) is 32.6 Å². The van der Waals surface area contributed by atoms with Crippen LogP contribution in [0.3, 0.4) is 0 Å². The molecule has 1 saturated heterocycles. The van der Waals surface area contributed by atoms with Gasteiger partial charge in [-0.15, -0.1) is 11.3 Å². The maximum Gasteiger partial charge on any atom is 0.106 e. The molecule has 0 amide bonds. The Morgan fingerprint density at radius 3 is 3.19 bits per heavy atom. The molecule has 2 heterocycles. The minimum atomic E-state index is 0.746. The van der Waals surface area contributed by atoms with Crippen LogP contribution >= 0.6 is 11.3 Å². The van der Waals surface area contributed by atoms with E-state index in [0.29, 0.717) is 0 Å². The van der Waals surface area contributed by atoms with Gasteiger partial charge in [0.25, 0.3) is 0 Å². The highest BCUT2D eigenvalue weighted by molar-refractivity contribution is 7.16. The lowest BCUT2D eigenvalue weighted by atomic mass is 10.0. The maximum atomic E-state index is 6.18. The van der Waals surface area contributed by atoms with Gasteiger partial charge in [-0.2, -0.15) is 0 Å². The molecule has 21 heavy (non-hydrogen) atoms. The number of thiazole rings is 1. The molecule has 1 aromatic heterocycles. The molecule has 0 bridgehead atoms. The average Bonchev–Trinajstić information content (AvgIpc) is 2.97. The first-order chi connectivity index (χ1) is 10.3. The van der Waals surface area contributed by atoms with Gasteiger partial charge in [-0.1, -0.05) is 6.42 Å². The highest BCUT2D eigenvalue weighted by Gasteiger charge is 2.17. The lowest BCUT2D eigenvalue weighted by Crippen LogP contribution is -2.38. The first-order valence-electron chi connectivity index (χ1n) is 7.85. The number of nitrogen functional groups attached to an aromatic ring is 1. The van der Waals surface area contributed by atoms with Gasteiger partial charge in [0.2, 0.25) is 0 Å². The second-order valence-corrected chi connectivity index (χ2v) is 6.77. The molecule has 4 nitrogen and oxygen atoms in total. The molecule has 0 aliphatic carbocycles. The molecule has 1 aliphatic rings. The topological polar surface area (TPSA) is 54.2 Å². The number of nitrogens with zero attached hydrogens (tertiary/aromatic N) is 2. The van der Waals surface area contributed by atoms with Crippen LogP contribution in [0.2, 0.25) is 0 Å². The van der Waals surface area contributed by atoms with E-state index in [2.05, 4.69) is 34.3 Å². The third-order valence-electron chi connectivity index (χ3n) is 4.42. The summed E-state index contributed by atoms with van der Waals surface area (Å²) in [5, 5.41) is 3.46. The maximum absolute atomic E-state index is 6.18. The van der Waals surface area contributed by atoms with Gasteiger partial charge in [-0.05, 0) is 44.9 Å². The molecular weight excluding hydrogens is 280 g/mol. The van der Waals surface area contributed by atoms with Crippen molar-refractivity contribution < 1.29 is 0 Å². The molecule has 0 saturated carbocycles. The van der Waals surface area contributed by atoms with Gasteiger partial charge in [-0.25, -0.2) is 4.98 Å². The van der Waals surface area contributed by atoms with Crippen LogP contribution < -0.4 is 11.1 Å². The van der Waals surface area contributed by atoms with Crippen LogP contribution in [0.15, 0.2) is 17.6 Å². The lowest BCUT2D eigenvalue weighted by molar-refractivity contribution is 0.160. The van der Waals surface area contributed by atoms with E-state index < -0.39 is 0 Å². The predicted octanol–water partition coefficient (Wildman–Crippen LogP) is 3.55. The van der Waals surface area contributed by atoms with E-state index >= 15 is 0 Å². The number of aromatic nitrogens is 1. The normalized spacial score (nSPS) is 20.0. The zero-order chi connectivity index (χ0) is 14.7. The van der Waals surface area contributed by atoms with Gasteiger partial charge in [0.15, 0.2) is 0 Å². The highest BCUT2D eigenvalue weighted by Crippen LogP contribution is 2.29. The Bertz CT molecular complexity index is 595. The fraction of sp³-hybridized carbons (Fsp3) is 0.562. The summed E-state index contributed by atoms with van der Waals surface area (Å²) in [4.78, 5) is 6.95. The van der Waals surface area contributed by atoms with Crippen molar-refractivity contribution in [1.29, 1.82) is 0 Å². The number of likely N-dealkylation sites (tertiary alicyclic amines) is 1. The van der Waals surface area contributed by atoms with Crippen LogP contribution in [-0.2, 0) is 0 Å². The van der Waals surface area contributed by atoms with Gasteiger partial charge in [0.05, 0.1) is 21.6 Å². The Morgan fingerprint density at radius 1 is 1.43 bits per heavy atom. The first kappa shape index (κ1) is 14.6. The largest absolute Gasteiger partial charge is 0.395 e. The molecule has 0 spiro atoms. The Morgan fingerprint density at radius 2 is 2.33 bits per heavy atom. The van der Waals surface area contributed by atoms with E-state index in [0.717, 1.165) is 40.6 Å². The standard InChI is InChI=1S/C16H24N4S/c1-12-5-2-3-9-20(12)10-4-8-18-13-6-7-14-16(15(13)17)19-11-21-14/h6-7,11-12,18H,2-5,8-10,17H2,1H3. The van der Waals surface area contributed by atoms with Crippen molar-refractivity contribution >= 4 is 32.9 Å². The van der Waals surface area contributed by atoms with Crippen molar-refractivity contribution in [2.45, 2.75) is 38.6 Å². The summed E-state index contributed by atoms with van der Waals surface area (Å²) in [5.74, 6) is 0. The molecular formula is C16H24N4S. The number of piperidine rings is 1. The number of hydrogen-bond acceptors (Lipinski definition) is 5. The Labute approximate surface area is 130 Å². The fourth-order valence-electron chi connectivity index (χ4n) is 3.10. The smallest absolute Gasteiger partial charge is 0.106 e. The van der Waals surface area contributed by atoms with E-state index in [9.17, 15) is 0 Å². The van der Waals surface area contributed by atoms with Gasteiger partial charge < -0.3 is 16.0 Å². The fourth-order valence-corrected chi connectivity index (χ4v) is 3.79. The average molecular weight is 304 g/mol. The minimum absolute atomic E-state index is 0.746. The first-order valence-corrected chi connectivity index (χ1v) is 8.73. The van der Waals surface area contributed by atoms with Crippen molar-refractivity contribution in [3.05, 3.63) is 17.6 Å². The third kappa shape index (κ3) is 3.30. The monoisotopic (exact) mass is 304 g/mol. The molecule has 1 aromatic carbocycles. The van der Waals surface area contributed by atoms with E-state index in [-0.39, 0.29) is 0 Å². The zero-order valence-corrected chi connectivity index (χ0v) is 13.5. The molecule has 3 N–H and O–H groups in total. The number of rotatable bonds is 5. The van der Waals surface area contributed by atoms with Gasteiger partial charge in [0, 0.05) is 19.1 Å². The quantitative estimate of drug-likeness (QED) is 0.655. The number of benzene rings is 1. The van der Waals surface area contributed by atoms with Gasteiger partial charge >= 0.3 is 0 Å². The number of nitrogens with one attached hydrogen (secondary N) is 1. The van der Waals surface area contributed by atoms with Crippen LogP contribution in [0.4, 0.5) is 11.4 Å². The van der Waals surface area contributed by atoms with Crippen molar-refractivity contribution in [2.24, 2.45) is 0 Å². The minimum Gasteiger partial charge on any atom is -0.395 e. The number of anilines is 2. The number of nitrogens with two attached hydrogens (primary N) is 1. The van der Waals surface area contributed by atoms with Crippen LogP contribution in [0.25, 0.3) is 10.2 Å². The van der Waals surface area contributed by atoms with Crippen LogP contribution in [0.5, 0.6) is 0 Å². The third-order valence-corrected chi connectivity index (χ3v) is 5.21. The van der Waals surface area contributed by atoms with E-state index in [1.165, 1.54) is 32.4 Å². The predicted molar refractivity (Wildman–Crippen MR) is 92.0 cm³/mol. The van der Waals surface area contributed by atoms with Gasteiger partial charge in [0.1, 0.15) is 5.52 Å². The zero-order valence-electron chi connectivity index (χ0n) is 12.6. The van der Waals surface area contributed by atoms with Crippen LogP contribution in [0, 0.1) is 0 Å². The molecule has 5 heteroatoms. The molecule has 1 fully saturated rings. The summed E-state index contributed by atoms with van der Waals surface area (Å²) in [6.45, 7) is 5.74. The number of hydrogen-bond donors (Lipinski definition) is 2. The molecule has 2 aromatic rings. The summed E-state index contributed by atoms with van der Waals surface area (Å²) < 4.78 is 1.15. The molecule has 1 aliphatic heterocycles. The summed E-state index contributed by atoms with van der Waals surface area (Å²) in [7, 11) is 0. The summed E-state index contributed by atoms with van der Waals surface area (Å²) >= 11 is 1.63. The SMILES string of the molecule is CC1CCCCN1CCCNc1ccc2scnc2c1N. The highest BCUT2D eigenvalue weighted by atomic mass is 32.1. The Kier molecular flexibility index (Phi) is 4.60. The Hall–Kier alpha value is -1.33. The van der Waals surface area contributed by atoms with E-state index in [1.807, 2.05) is 5.51 Å². The molecule has 114 valence electrons.